The number of benzene rings is 4. The van der Waals surface area contributed by atoms with Crippen LogP contribution in [0.1, 0.15) is 43.8 Å². The average molecular weight is 581 g/mol. The van der Waals surface area contributed by atoms with Gasteiger partial charge in [0.05, 0.1) is 20.6 Å². The number of carboxylic acid groups (broad SMARTS) is 1. The van der Waals surface area contributed by atoms with E-state index in [2.05, 4.69) is 5.32 Å². The molecule has 222 valence electrons. The van der Waals surface area contributed by atoms with E-state index in [0.717, 1.165) is 16.7 Å². The van der Waals surface area contributed by atoms with Crippen LogP contribution in [0.25, 0.3) is 11.1 Å². The highest BCUT2D eigenvalue weighted by atomic mass is 16.5. The molecule has 8 nitrogen and oxygen atoms in total. The maximum Gasteiger partial charge on any atom is 0.305 e. The van der Waals surface area contributed by atoms with E-state index in [4.69, 9.17) is 9.47 Å². The molecule has 2 N–H and O–H groups in total. The van der Waals surface area contributed by atoms with Gasteiger partial charge in [-0.1, -0.05) is 66.2 Å². The first kappa shape index (κ1) is 30.8. The van der Waals surface area contributed by atoms with Gasteiger partial charge >= 0.3 is 5.97 Å². The van der Waals surface area contributed by atoms with Crippen molar-refractivity contribution >= 4 is 17.8 Å². The summed E-state index contributed by atoms with van der Waals surface area (Å²) in [5.41, 5.74) is 4.97. The molecule has 8 heteroatoms. The van der Waals surface area contributed by atoms with Crippen molar-refractivity contribution in [3.63, 3.8) is 0 Å². The van der Waals surface area contributed by atoms with Gasteiger partial charge in [0.25, 0.3) is 11.8 Å². The zero-order valence-electron chi connectivity index (χ0n) is 24.6. The van der Waals surface area contributed by atoms with Gasteiger partial charge in [-0.2, -0.15) is 0 Å². The standard InChI is InChI=1S/C35H36N2O6/c1-24-12-14-25(15-13-24)23-36-34(40)30-10-6-4-8-28(30)29-9-5-7-11-31(29)35(41)37(21-19-33(38)39)20-18-26-22-27(42-2)16-17-32(26)43-3/h4-17,22H,18-21,23H2,1-3H3,(H,36,40)(H,38,39). The first-order valence-corrected chi connectivity index (χ1v) is 14.0. The van der Waals surface area contributed by atoms with Crippen molar-refractivity contribution in [3.05, 3.63) is 119 Å². The highest BCUT2D eigenvalue weighted by molar-refractivity contribution is 6.06. The summed E-state index contributed by atoms with van der Waals surface area (Å²) < 4.78 is 10.8. The quantitative estimate of drug-likeness (QED) is 0.208. The Morgan fingerprint density at radius 3 is 2.09 bits per heavy atom. The van der Waals surface area contributed by atoms with E-state index in [0.29, 0.717) is 46.7 Å². The van der Waals surface area contributed by atoms with Gasteiger partial charge < -0.3 is 24.8 Å². The summed E-state index contributed by atoms with van der Waals surface area (Å²) in [5, 5.41) is 12.4. The Morgan fingerprint density at radius 1 is 0.791 bits per heavy atom. The average Bonchev–Trinajstić information content (AvgIpc) is 3.03. The fourth-order valence-electron chi connectivity index (χ4n) is 4.85. The van der Waals surface area contributed by atoms with Crippen LogP contribution in [0.15, 0.2) is 91.0 Å². The molecule has 0 saturated heterocycles. The Kier molecular flexibility index (Phi) is 10.5. The van der Waals surface area contributed by atoms with E-state index >= 15 is 0 Å². The number of aliphatic carboxylic acids is 1. The number of amides is 2. The molecular weight excluding hydrogens is 544 g/mol. The SMILES string of the molecule is COc1ccc(OC)c(CCN(CCC(=O)O)C(=O)c2ccccc2-c2ccccc2C(=O)NCc2ccc(C)cc2)c1. The second-order valence-corrected chi connectivity index (χ2v) is 10.1. The number of ether oxygens (including phenoxy) is 2. The Bertz CT molecular complexity index is 1580. The number of nitrogens with one attached hydrogen (secondary N) is 1. The van der Waals surface area contributed by atoms with Gasteiger partial charge in [-0.25, -0.2) is 0 Å². The highest BCUT2D eigenvalue weighted by Crippen LogP contribution is 2.29. The zero-order chi connectivity index (χ0) is 30.8. The number of carbonyl (C=O) groups is 3. The molecule has 4 aromatic carbocycles. The van der Waals surface area contributed by atoms with Crippen molar-refractivity contribution < 1.29 is 29.0 Å². The molecule has 0 heterocycles. The van der Waals surface area contributed by atoms with Crippen LogP contribution >= 0.6 is 0 Å². The lowest BCUT2D eigenvalue weighted by molar-refractivity contribution is -0.137. The topological polar surface area (TPSA) is 105 Å². The van der Waals surface area contributed by atoms with Gasteiger partial charge in [0.15, 0.2) is 0 Å². The van der Waals surface area contributed by atoms with Crippen LogP contribution in [0.4, 0.5) is 0 Å². The molecule has 0 aliphatic rings. The number of carbonyl (C=O) groups excluding carboxylic acids is 2. The number of methoxy groups -OCH3 is 2. The second-order valence-electron chi connectivity index (χ2n) is 10.1. The normalized spacial score (nSPS) is 10.6. The molecule has 0 aromatic heterocycles. The van der Waals surface area contributed by atoms with Crippen LogP contribution in [0, 0.1) is 6.92 Å². The summed E-state index contributed by atoms with van der Waals surface area (Å²) in [6.45, 7) is 2.65. The van der Waals surface area contributed by atoms with Crippen molar-refractivity contribution in [1.82, 2.24) is 10.2 Å². The molecule has 0 fully saturated rings. The minimum atomic E-state index is -0.999. The van der Waals surface area contributed by atoms with Crippen LogP contribution in [-0.4, -0.2) is 55.1 Å². The van der Waals surface area contributed by atoms with Gasteiger partial charge in [0.1, 0.15) is 11.5 Å². The summed E-state index contributed by atoms with van der Waals surface area (Å²) in [5.74, 6) is -0.278. The van der Waals surface area contributed by atoms with Gasteiger partial charge in [-0.05, 0) is 65.9 Å². The van der Waals surface area contributed by atoms with Gasteiger partial charge in [-0.15, -0.1) is 0 Å². The predicted octanol–water partition coefficient (Wildman–Crippen LogP) is 5.77. The Labute approximate surface area is 251 Å². The van der Waals surface area contributed by atoms with E-state index in [1.165, 1.54) is 4.90 Å². The van der Waals surface area contributed by atoms with Crippen molar-refractivity contribution in [2.75, 3.05) is 27.3 Å². The van der Waals surface area contributed by atoms with E-state index in [1.54, 1.807) is 56.7 Å². The van der Waals surface area contributed by atoms with E-state index in [9.17, 15) is 19.5 Å². The third-order valence-electron chi connectivity index (χ3n) is 7.21. The number of aryl methyl sites for hydroxylation is 1. The molecule has 0 radical (unpaired) electrons. The molecule has 0 bridgehead atoms. The number of nitrogens with zero attached hydrogens (tertiary/aromatic N) is 1. The number of hydrogen-bond acceptors (Lipinski definition) is 5. The Balaban J connectivity index is 1.62. The fraction of sp³-hybridized carbons (Fsp3) is 0.229. The molecule has 4 rings (SSSR count). The molecule has 4 aromatic rings. The smallest absolute Gasteiger partial charge is 0.305 e. The minimum absolute atomic E-state index is 0.0213. The van der Waals surface area contributed by atoms with E-state index in [1.807, 2.05) is 55.5 Å². The Hall–Kier alpha value is -5.11. The minimum Gasteiger partial charge on any atom is -0.497 e. The van der Waals surface area contributed by atoms with Crippen molar-refractivity contribution in [2.24, 2.45) is 0 Å². The van der Waals surface area contributed by atoms with Crippen LogP contribution in [0.5, 0.6) is 11.5 Å². The Morgan fingerprint density at radius 2 is 1.44 bits per heavy atom. The molecular formula is C35H36N2O6. The molecule has 0 spiro atoms. The van der Waals surface area contributed by atoms with Gasteiger partial charge in [0, 0.05) is 30.8 Å². The highest BCUT2D eigenvalue weighted by Gasteiger charge is 2.23. The third kappa shape index (κ3) is 8.01. The van der Waals surface area contributed by atoms with E-state index < -0.39 is 5.97 Å². The predicted molar refractivity (Wildman–Crippen MR) is 166 cm³/mol. The van der Waals surface area contributed by atoms with Crippen LogP contribution in [0.2, 0.25) is 0 Å². The monoisotopic (exact) mass is 580 g/mol. The summed E-state index contributed by atoms with van der Waals surface area (Å²) in [6.07, 6.45) is 0.215. The molecule has 0 saturated carbocycles. The summed E-state index contributed by atoms with van der Waals surface area (Å²) >= 11 is 0. The molecule has 0 unspecified atom stereocenters. The molecule has 0 atom stereocenters. The van der Waals surface area contributed by atoms with Gasteiger partial charge in [0.2, 0.25) is 0 Å². The lowest BCUT2D eigenvalue weighted by Crippen LogP contribution is -2.35. The first-order valence-electron chi connectivity index (χ1n) is 14.0. The lowest BCUT2D eigenvalue weighted by atomic mass is 9.94. The lowest BCUT2D eigenvalue weighted by Gasteiger charge is -2.24. The second kappa shape index (κ2) is 14.7. The van der Waals surface area contributed by atoms with Crippen LogP contribution < -0.4 is 14.8 Å². The number of rotatable bonds is 13. The van der Waals surface area contributed by atoms with Crippen molar-refractivity contribution in [2.45, 2.75) is 26.3 Å². The van der Waals surface area contributed by atoms with Gasteiger partial charge in [-0.3, -0.25) is 14.4 Å². The molecule has 0 aliphatic heterocycles. The zero-order valence-corrected chi connectivity index (χ0v) is 24.6. The summed E-state index contributed by atoms with van der Waals surface area (Å²) in [7, 11) is 3.15. The fourth-order valence-corrected chi connectivity index (χ4v) is 4.85. The van der Waals surface area contributed by atoms with Crippen molar-refractivity contribution in [3.8, 4) is 22.6 Å². The van der Waals surface area contributed by atoms with Crippen LogP contribution in [0.3, 0.4) is 0 Å². The first-order chi connectivity index (χ1) is 20.8. The maximum atomic E-state index is 14.0. The number of carboxylic acids is 1. The van der Waals surface area contributed by atoms with Crippen LogP contribution in [-0.2, 0) is 17.8 Å². The van der Waals surface area contributed by atoms with E-state index in [-0.39, 0.29) is 31.3 Å². The molecule has 43 heavy (non-hydrogen) atoms. The molecule has 2 amide bonds. The maximum absolute atomic E-state index is 14.0. The summed E-state index contributed by atoms with van der Waals surface area (Å²) in [4.78, 5) is 40.4. The van der Waals surface area contributed by atoms with Crippen molar-refractivity contribution in [1.29, 1.82) is 0 Å². The summed E-state index contributed by atoms with van der Waals surface area (Å²) in [6, 6.07) is 27.6. The largest absolute Gasteiger partial charge is 0.497 e. The molecule has 0 aliphatic carbocycles. The third-order valence-corrected chi connectivity index (χ3v) is 7.21. The number of hydrogen-bond donors (Lipinski definition) is 2.